The number of amides is 1. The maximum atomic E-state index is 10.6. The summed E-state index contributed by atoms with van der Waals surface area (Å²) in [4.78, 5) is 14.9. The van der Waals surface area contributed by atoms with Crippen molar-refractivity contribution in [3.8, 4) is 0 Å². The summed E-state index contributed by atoms with van der Waals surface area (Å²) in [6.45, 7) is 0. The van der Waals surface area contributed by atoms with Crippen molar-refractivity contribution in [2.24, 2.45) is 7.05 Å². The average Bonchev–Trinajstić information content (AvgIpc) is 2.73. The predicted molar refractivity (Wildman–Crippen MR) is 60.7 cm³/mol. The van der Waals surface area contributed by atoms with Gasteiger partial charge >= 0.3 is 0 Å². The van der Waals surface area contributed by atoms with Gasteiger partial charge in [-0.05, 0) is 5.56 Å². The Labute approximate surface area is 93.9 Å². The standard InChI is InChI=1S/C12H13N3O/c1-15-8-7-13-12(15)11(14-9-16)10-5-3-2-4-6-10/h2-9,11H,1H3,(H,14,16). The minimum absolute atomic E-state index is 0.196. The molecule has 0 radical (unpaired) electrons. The van der Waals surface area contributed by atoms with Crippen LogP contribution in [0.2, 0.25) is 0 Å². The van der Waals surface area contributed by atoms with Crippen molar-refractivity contribution in [3.63, 3.8) is 0 Å². The van der Waals surface area contributed by atoms with E-state index < -0.39 is 0 Å². The molecular weight excluding hydrogens is 202 g/mol. The van der Waals surface area contributed by atoms with Crippen molar-refractivity contribution in [2.75, 3.05) is 0 Å². The summed E-state index contributed by atoms with van der Waals surface area (Å²) >= 11 is 0. The first-order chi connectivity index (χ1) is 7.83. The Bertz CT molecular complexity index is 464. The molecule has 0 fully saturated rings. The minimum Gasteiger partial charge on any atom is -0.345 e. The molecular formula is C12H13N3O. The van der Waals surface area contributed by atoms with Crippen molar-refractivity contribution < 1.29 is 4.79 Å². The highest BCUT2D eigenvalue weighted by Crippen LogP contribution is 2.19. The number of aryl methyl sites for hydroxylation is 1. The second-order valence-electron chi connectivity index (χ2n) is 3.52. The van der Waals surface area contributed by atoms with Gasteiger partial charge in [-0.15, -0.1) is 0 Å². The lowest BCUT2D eigenvalue weighted by molar-refractivity contribution is -0.110. The van der Waals surface area contributed by atoms with E-state index >= 15 is 0 Å². The van der Waals surface area contributed by atoms with Gasteiger partial charge in [0.15, 0.2) is 0 Å². The second kappa shape index (κ2) is 4.61. The molecule has 1 aromatic carbocycles. The van der Waals surface area contributed by atoms with Gasteiger partial charge in [-0.3, -0.25) is 4.79 Å². The number of aromatic nitrogens is 2. The fraction of sp³-hybridized carbons (Fsp3) is 0.167. The molecule has 2 rings (SSSR count). The van der Waals surface area contributed by atoms with E-state index in [0.29, 0.717) is 6.41 Å². The van der Waals surface area contributed by atoms with E-state index in [-0.39, 0.29) is 6.04 Å². The molecule has 0 aliphatic rings. The molecule has 4 nitrogen and oxygen atoms in total. The van der Waals surface area contributed by atoms with Crippen LogP contribution in [0.25, 0.3) is 0 Å². The molecule has 0 saturated heterocycles. The number of nitrogens with zero attached hydrogens (tertiary/aromatic N) is 2. The Kier molecular flexibility index (Phi) is 3.00. The summed E-state index contributed by atoms with van der Waals surface area (Å²) in [5.41, 5.74) is 1.02. The van der Waals surface area contributed by atoms with E-state index in [1.807, 2.05) is 48.1 Å². The van der Waals surface area contributed by atoms with Crippen LogP contribution in [0.15, 0.2) is 42.7 Å². The molecule has 82 valence electrons. The minimum atomic E-state index is -0.196. The molecule has 1 atom stereocenters. The zero-order chi connectivity index (χ0) is 11.4. The van der Waals surface area contributed by atoms with E-state index in [4.69, 9.17) is 0 Å². The fourth-order valence-corrected chi connectivity index (χ4v) is 1.69. The van der Waals surface area contributed by atoms with Crippen molar-refractivity contribution >= 4 is 6.41 Å². The van der Waals surface area contributed by atoms with Crippen molar-refractivity contribution in [2.45, 2.75) is 6.04 Å². The molecule has 1 heterocycles. The van der Waals surface area contributed by atoms with E-state index in [9.17, 15) is 4.79 Å². The van der Waals surface area contributed by atoms with E-state index in [2.05, 4.69) is 10.3 Å². The Morgan fingerprint density at radius 3 is 2.69 bits per heavy atom. The van der Waals surface area contributed by atoms with Crippen LogP contribution in [0, 0.1) is 0 Å². The number of benzene rings is 1. The largest absolute Gasteiger partial charge is 0.345 e. The predicted octanol–water partition coefficient (Wildman–Crippen LogP) is 1.26. The van der Waals surface area contributed by atoms with Crippen LogP contribution < -0.4 is 5.32 Å². The van der Waals surface area contributed by atoms with Crippen molar-refractivity contribution in [1.29, 1.82) is 0 Å². The third-order valence-corrected chi connectivity index (χ3v) is 2.48. The van der Waals surface area contributed by atoms with Crippen LogP contribution in [0.3, 0.4) is 0 Å². The SMILES string of the molecule is Cn1ccnc1C(NC=O)c1ccccc1. The molecule has 0 bridgehead atoms. The molecule has 1 aromatic heterocycles. The molecule has 16 heavy (non-hydrogen) atoms. The third-order valence-electron chi connectivity index (χ3n) is 2.48. The topological polar surface area (TPSA) is 46.9 Å². The Hall–Kier alpha value is -2.10. The van der Waals surface area contributed by atoms with Crippen LogP contribution in [0.4, 0.5) is 0 Å². The van der Waals surface area contributed by atoms with Gasteiger partial charge in [0.1, 0.15) is 11.9 Å². The molecule has 0 spiro atoms. The van der Waals surface area contributed by atoms with Crippen molar-refractivity contribution in [3.05, 3.63) is 54.1 Å². The van der Waals surface area contributed by atoms with Gasteiger partial charge < -0.3 is 9.88 Å². The number of rotatable bonds is 4. The smallest absolute Gasteiger partial charge is 0.207 e. The van der Waals surface area contributed by atoms with Crippen LogP contribution >= 0.6 is 0 Å². The molecule has 1 unspecified atom stereocenters. The van der Waals surface area contributed by atoms with Gasteiger partial charge in [-0.2, -0.15) is 0 Å². The van der Waals surface area contributed by atoms with Crippen LogP contribution in [-0.2, 0) is 11.8 Å². The molecule has 0 saturated carbocycles. The number of carbonyl (C=O) groups excluding carboxylic acids is 1. The second-order valence-corrected chi connectivity index (χ2v) is 3.52. The molecule has 1 N–H and O–H groups in total. The van der Waals surface area contributed by atoms with Gasteiger partial charge in [0.25, 0.3) is 0 Å². The molecule has 4 heteroatoms. The summed E-state index contributed by atoms with van der Waals surface area (Å²) in [5, 5.41) is 2.78. The summed E-state index contributed by atoms with van der Waals surface area (Å²) in [5.74, 6) is 0.818. The number of imidazole rings is 1. The van der Waals surface area contributed by atoms with Crippen LogP contribution in [-0.4, -0.2) is 16.0 Å². The quantitative estimate of drug-likeness (QED) is 0.780. The summed E-state index contributed by atoms with van der Waals surface area (Å²) < 4.78 is 1.90. The van der Waals surface area contributed by atoms with E-state index in [1.54, 1.807) is 6.20 Å². The zero-order valence-corrected chi connectivity index (χ0v) is 9.00. The van der Waals surface area contributed by atoms with E-state index in [0.717, 1.165) is 11.4 Å². The fourth-order valence-electron chi connectivity index (χ4n) is 1.69. The molecule has 2 aromatic rings. The van der Waals surface area contributed by atoms with Gasteiger partial charge in [0.2, 0.25) is 6.41 Å². The summed E-state index contributed by atoms with van der Waals surface area (Å²) in [6.07, 6.45) is 4.28. The summed E-state index contributed by atoms with van der Waals surface area (Å²) in [7, 11) is 1.91. The zero-order valence-electron chi connectivity index (χ0n) is 9.00. The Morgan fingerprint density at radius 1 is 1.38 bits per heavy atom. The average molecular weight is 215 g/mol. The van der Waals surface area contributed by atoms with Crippen molar-refractivity contribution in [1.82, 2.24) is 14.9 Å². The van der Waals surface area contributed by atoms with Gasteiger partial charge in [-0.1, -0.05) is 30.3 Å². The van der Waals surface area contributed by atoms with Crippen LogP contribution in [0.1, 0.15) is 17.4 Å². The number of carbonyl (C=O) groups is 1. The highest BCUT2D eigenvalue weighted by atomic mass is 16.1. The first-order valence-electron chi connectivity index (χ1n) is 5.05. The van der Waals surface area contributed by atoms with Gasteiger partial charge in [0.05, 0.1) is 0 Å². The van der Waals surface area contributed by atoms with Crippen LogP contribution in [0.5, 0.6) is 0 Å². The van der Waals surface area contributed by atoms with Gasteiger partial charge in [0, 0.05) is 19.4 Å². The molecule has 0 aliphatic heterocycles. The first-order valence-corrected chi connectivity index (χ1v) is 5.05. The highest BCUT2D eigenvalue weighted by molar-refractivity contribution is 5.49. The molecule has 0 aliphatic carbocycles. The summed E-state index contributed by atoms with van der Waals surface area (Å²) in [6, 6.07) is 9.57. The lowest BCUT2D eigenvalue weighted by Gasteiger charge is -2.16. The maximum Gasteiger partial charge on any atom is 0.207 e. The lowest BCUT2D eigenvalue weighted by Crippen LogP contribution is -2.23. The Morgan fingerprint density at radius 2 is 2.12 bits per heavy atom. The normalized spacial score (nSPS) is 12.1. The third kappa shape index (κ3) is 1.95. The monoisotopic (exact) mass is 215 g/mol. The lowest BCUT2D eigenvalue weighted by atomic mass is 10.1. The number of hydrogen-bond donors (Lipinski definition) is 1. The van der Waals surface area contributed by atoms with Gasteiger partial charge in [-0.25, -0.2) is 4.98 Å². The number of hydrogen-bond acceptors (Lipinski definition) is 2. The first kappa shape index (κ1) is 10.4. The molecule has 1 amide bonds. The number of nitrogens with one attached hydrogen (secondary N) is 1. The highest BCUT2D eigenvalue weighted by Gasteiger charge is 2.16. The maximum absolute atomic E-state index is 10.6. The Balaban J connectivity index is 2.39. The van der Waals surface area contributed by atoms with E-state index in [1.165, 1.54) is 0 Å².